The fraction of sp³-hybridized carbons (Fsp3) is 0.933. The molecule has 2 N–H and O–H groups in total. The highest BCUT2D eigenvalue weighted by molar-refractivity contribution is 7.90. The van der Waals surface area contributed by atoms with Crippen LogP contribution >= 0.6 is 0 Å². The van der Waals surface area contributed by atoms with Gasteiger partial charge in [0.2, 0.25) is 0 Å². The Balaban J connectivity index is 2.43. The summed E-state index contributed by atoms with van der Waals surface area (Å²) in [6.45, 7) is 2.52. The number of nitrogens with one attached hydrogen (secondary N) is 2. The van der Waals surface area contributed by atoms with Gasteiger partial charge in [0, 0.05) is 39.1 Å². The Hall–Kier alpha value is -1.24. The summed E-state index contributed by atoms with van der Waals surface area (Å²) in [7, 11) is -5.30. The van der Waals surface area contributed by atoms with Crippen molar-refractivity contribution in [2.75, 3.05) is 32.7 Å². The summed E-state index contributed by atoms with van der Waals surface area (Å²) < 4.78 is 97.2. The van der Waals surface area contributed by atoms with E-state index in [-0.39, 0.29) is 44.8 Å². The summed E-state index contributed by atoms with van der Waals surface area (Å²) in [5.41, 5.74) is -5.30. The second kappa shape index (κ2) is 10.5. The summed E-state index contributed by atoms with van der Waals surface area (Å²) in [4.78, 5) is 4.30. The van der Waals surface area contributed by atoms with Crippen LogP contribution in [0.1, 0.15) is 39.0 Å². The molecule has 0 unspecified atom stereocenters. The molecule has 1 heterocycles. The maximum absolute atomic E-state index is 12.6. The highest BCUT2D eigenvalue weighted by atomic mass is 32.2. The summed E-state index contributed by atoms with van der Waals surface area (Å²) >= 11 is 0. The number of nitrogens with zero attached hydrogens (tertiary/aromatic N) is 2. The van der Waals surface area contributed by atoms with Crippen LogP contribution in [0.15, 0.2) is 4.99 Å². The van der Waals surface area contributed by atoms with Gasteiger partial charge in [-0.1, -0.05) is 0 Å². The van der Waals surface area contributed by atoms with Gasteiger partial charge < -0.3 is 10.6 Å². The maximum atomic E-state index is 12.6. The minimum absolute atomic E-state index is 0.00203. The molecule has 1 aliphatic heterocycles. The number of hydrogen-bond acceptors (Lipinski definition) is 3. The van der Waals surface area contributed by atoms with Crippen LogP contribution in [-0.2, 0) is 10.0 Å². The molecule has 0 atom stereocenters. The van der Waals surface area contributed by atoms with Crippen molar-refractivity contribution in [1.82, 2.24) is 14.9 Å². The molecule has 1 fully saturated rings. The van der Waals surface area contributed by atoms with Gasteiger partial charge in [-0.3, -0.25) is 4.99 Å². The van der Waals surface area contributed by atoms with Crippen LogP contribution in [0.25, 0.3) is 0 Å². The summed E-state index contributed by atoms with van der Waals surface area (Å²) in [5.74, 6) is 0.347. The first-order valence-corrected chi connectivity index (χ1v) is 10.5. The molecular formula is C15H26F6N4O2S. The van der Waals surface area contributed by atoms with E-state index in [0.717, 1.165) is 0 Å². The first-order valence-electron chi connectivity index (χ1n) is 9.02. The average molecular weight is 440 g/mol. The third-order valence-corrected chi connectivity index (χ3v) is 5.87. The lowest BCUT2D eigenvalue weighted by molar-refractivity contribution is -0.135. The molecule has 6 nitrogen and oxygen atoms in total. The van der Waals surface area contributed by atoms with Crippen molar-refractivity contribution in [3.8, 4) is 0 Å². The lowest BCUT2D eigenvalue weighted by Gasteiger charge is -2.30. The second-order valence-corrected chi connectivity index (χ2v) is 8.44. The number of hydrogen-bond donors (Lipinski definition) is 2. The maximum Gasteiger partial charge on any atom is 0.511 e. The minimum atomic E-state index is -5.30. The van der Waals surface area contributed by atoms with E-state index in [0.29, 0.717) is 29.8 Å². The number of unbranched alkanes of at least 4 members (excludes halogenated alkanes) is 1. The van der Waals surface area contributed by atoms with Crippen molar-refractivity contribution < 1.29 is 34.8 Å². The van der Waals surface area contributed by atoms with E-state index in [2.05, 4.69) is 15.6 Å². The predicted octanol–water partition coefficient (Wildman–Crippen LogP) is 2.84. The molecule has 0 aliphatic carbocycles. The number of guanidine groups is 1. The molecule has 1 aliphatic rings. The molecule has 0 aromatic rings. The van der Waals surface area contributed by atoms with Gasteiger partial charge in [-0.2, -0.15) is 30.6 Å². The Morgan fingerprint density at radius 2 is 1.68 bits per heavy atom. The fourth-order valence-corrected chi connectivity index (χ4v) is 3.68. The third-order valence-electron chi connectivity index (χ3n) is 4.24. The fourth-order valence-electron chi connectivity index (χ4n) is 2.70. The molecule has 0 saturated carbocycles. The summed E-state index contributed by atoms with van der Waals surface area (Å²) in [6.07, 6.45) is -4.19. The van der Waals surface area contributed by atoms with E-state index < -0.39 is 28.1 Å². The molecule has 13 heteroatoms. The van der Waals surface area contributed by atoms with Crippen molar-refractivity contribution in [3.63, 3.8) is 0 Å². The van der Waals surface area contributed by atoms with Crippen molar-refractivity contribution in [2.24, 2.45) is 10.9 Å². The standard InChI is InChI=1S/C15H26F6N4O2S/c1-2-22-13(23-8-4-3-7-14(16,17)18)24-11-12-5-9-25(10-6-12)28(26,27)15(19,20)21/h12H,2-11H2,1H3,(H2,22,23,24). The average Bonchev–Trinajstić information content (AvgIpc) is 2.57. The van der Waals surface area contributed by atoms with E-state index in [9.17, 15) is 34.8 Å². The normalized spacial score (nSPS) is 18.3. The van der Waals surface area contributed by atoms with E-state index in [1.807, 2.05) is 6.92 Å². The predicted molar refractivity (Wildman–Crippen MR) is 93.2 cm³/mol. The van der Waals surface area contributed by atoms with Crippen molar-refractivity contribution >= 4 is 16.0 Å². The lowest BCUT2D eigenvalue weighted by Crippen LogP contribution is -2.45. The Kier molecular flexibility index (Phi) is 9.31. The van der Waals surface area contributed by atoms with Gasteiger partial charge in [0.15, 0.2) is 5.96 Å². The number of rotatable bonds is 8. The van der Waals surface area contributed by atoms with Crippen LogP contribution in [-0.4, -0.2) is 63.1 Å². The Bertz CT molecular complexity index is 599. The third kappa shape index (κ3) is 8.41. The number of halogens is 6. The molecule has 0 bridgehead atoms. The SMILES string of the molecule is CCNC(=NCC1CCN(S(=O)(=O)C(F)(F)F)CC1)NCCCCC(F)(F)F. The summed E-state index contributed by atoms with van der Waals surface area (Å²) in [6, 6.07) is 0. The van der Waals surface area contributed by atoms with Crippen LogP contribution in [0.2, 0.25) is 0 Å². The molecule has 0 radical (unpaired) electrons. The Labute approximate surface area is 160 Å². The van der Waals surface area contributed by atoms with E-state index in [1.165, 1.54) is 0 Å². The number of aliphatic imine (C=N–C) groups is 1. The summed E-state index contributed by atoms with van der Waals surface area (Å²) in [5, 5.41) is 5.86. The molecular weight excluding hydrogens is 414 g/mol. The van der Waals surface area contributed by atoms with Gasteiger partial charge in [0.05, 0.1) is 0 Å². The van der Waals surface area contributed by atoms with Gasteiger partial charge >= 0.3 is 21.7 Å². The van der Waals surface area contributed by atoms with Crippen LogP contribution in [0, 0.1) is 5.92 Å². The number of piperidine rings is 1. The zero-order valence-corrected chi connectivity index (χ0v) is 16.4. The molecule has 166 valence electrons. The molecule has 28 heavy (non-hydrogen) atoms. The van der Waals surface area contributed by atoms with Crippen molar-refractivity contribution in [3.05, 3.63) is 0 Å². The van der Waals surface area contributed by atoms with Crippen LogP contribution in [0.3, 0.4) is 0 Å². The zero-order chi connectivity index (χ0) is 21.4. The quantitative estimate of drug-likeness (QED) is 0.264. The monoisotopic (exact) mass is 440 g/mol. The van der Waals surface area contributed by atoms with E-state index in [4.69, 9.17) is 0 Å². The van der Waals surface area contributed by atoms with Crippen molar-refractivity contribution in [1.29, 1.82) is 0 Å². The smallest absolute Gasteiger partial charge is 0.357 e. The molecule has 0 aromatic carbocycles. The van der Waals surface area contributed by atoms with Crippen molar-refractivity contribution in [2.45, 2.75) is 50.7 Å². The molecule has 0 aromatic heterocycles. The van der Waals surface area contributed by atoms with Gasteiger partial charge in [-0.05, 0) is 38.5 Å². The lowest BCUT2D eigenvalue weighted by atomic mass is 9.98. The van der Waals surface area contributed by atoms with Gasteiger partial charge in [-0.25, -0.2) is 8.42 Å². The highest BCUT2D eigenvalue weighted by Gasteiger charge is 2.50. The number of alkyl halides is 6. The second-order valence-electron chi connectivity index (χ2n) is 6.51. The van der Waals surface area contributed by atoms with Gasteiger partial charge in [-0.15, -0.1) is 0 Å². The zero-order valence-electron chi connectivity index (χ0n) is 15.5. The Morgan fingerprint density at radius 1 is 1.07 bits per heavy atom. The van der Waals surface area contributed by atoms with E-state index >= 15 is 0 Å². The molecule has 0 amide bonds. The van der Waals surface area contributed by atoms with E-state index in [1.54, 1.807) is 0 Å². The molecule has 0 spiro atoms. The topological polar surface area (TPSA) is 73.8 Å². The number of sulfonamides is 1. The van der Waals surface area contributed by atoms with Crippen LogP contribution in [0.5, 0.6) is 0 Å². The largest absolute Gasteiger partial charge is 0.511 e. The van der Waals surface area contributed by atoms with Gasteiger partial charge in [0.1, 0.15) is 0 Å². The first kappa shape index (κ1) is 24.8. The molecule has 1 rings (SSSR count). The Morgan fingerprint density at radius 3 is 2.18 bits per heavy atom. The van der Waals surface area contributed by atoms with Crippen LogP contribution in [0.4, 0.5) is 26.3 Å². The van der Waals surface area contributed by atoms with Crippen LogP contribution < -0.4 is 10.6 Å². The highest BCUT2D eigenvalue weighted by Crippen LogP contribution is 2.30. The van der Waals surface area contributed by atoms with Gasteiger partial charge in [0.25, 0.3) is 0 Å². The first-order chi connectivity index (χ1) is 12.9. The minimum Gasteiger partial charge on any atom is -0.357 e. The molecule has 1 saturated heterocycles.